The lowest BCUT2D eigenvalue weighted by atomic mass is 10.1. The predicted molar refractivity (Wildman–Crippen MR) is 148 cm³/mol. The van der Waals surface area contributed by atoms with Gasteiger partial charge in [0.25, 0.3) is 0 Å². The summed E-state index contributed by atoms with van der Waals surface area (Å²) in [5.41, 5.74) is 17.5. The molecule has 0 fully saturated rings. The molecule has 0 aliphatic rings. The summed E-state index contributed by atoms with van der Waals surface area (Å²) in [6.07, 6.45) is 2.77. The number of carboxylic acid groups (broad SMARTS) is 1. The van der Waals surface area contributed by atoms with E-state index in [1.54, 1.807) is 0 Å². The predicted octanol–water partition coefficient (Wildman–Crippen LogP) is -1.17. The number of amides is 3. The highest BCUT2D eigenvalue weighted by molar-refractivity contribution is 7.98. The molecule has 1 aromatic carbocycles. The molecule has 0 bridgehead atoms. The van der Waals surface area contributed by atoms with Crippen LogP contribution in [0.5, 0.6) is 0 Å². The quantitative estimate of drug-likeness (QED) is 0.0502. The molecule has 0 aliphatic carbocycles. The molecule has 0 saturated carbocycles. The maximum atomic E-state index is 13.0. The first kappa shape index (κ1) is 32.1. The second kappa shape index (κ2) is 17.5. The first-order valence-corrected chi connectivity index (χ1v) is 13.7. The van der Waals surface area contributed by atoms with Gasteiger partial charge >= 0.3 is 5.97 Å². The van der Waals surface area contributed by atoms with Crippen LogP contribution in [-0.4, -0.2) is 83.2 Å². The smallest absolute Gasteiger partial charge is 0.326 e. The van der Waals surface area contributed by atoms with E-state index >= 15 is 0 Å². The Morgan fingerprint density at radius 2 is 1.57 bits per heavy atom. The van der Waals surface area contributed by atoms with Crippen LogP contribution in [0.4, 0.5) is 0 Å². The average molecular weight is 556 g/mol. The van der Waals surface area contributed by atoms with Gasteiger partial charge in [-0.25, -0.2) is 4.79 Å². The van der Waals surface area contributed by atoms with Gasteiger partial charge in [-0.3, -0.25) is 19.4 Å². The van der Waals surface area contributed by atoms with E-state index in [1.165, 1.54) is 11.8 Å². The van der Waals surface area contributed by atoms with Gasteiger partial charge in [-0.15, -0.1) is 0 Å². The normalized spacial score (nSPS) is 13.9. The van der Waals surface area contributed by atoms with Gasteiger partial charge in [0.1, 0.15) is 18.1 Å². The summed E-state index contributed by atoms with van der Waals surface area (Å²) in [5, 5.41) is 17.1. The first-order chi connectivity index (χ1) is 17.6. The van der Waals surface area contributed by atoms with Crippen molar-refractivity contribution >= 4 is 54.0 Å². The highest BCUT2D eigenvalue weighted by Gasteiger charge is 2.29. The number of benzene rings is 1. The molecule has 1 aromatic rings. The first-order valence-electron chi connectivity index (χ1n) is 11.7. The van der Waals surface area contributed by atoms with E-state index in [2.05, 4.69) is 33.6 Å². The topological polar surface area (TPSA) is 215 Å². The minimum atomic E-state index is -1.18. The molecule has 14 heteroatoms. The van der Waals surface area contributed by atoms with E-state index in [-0.39, 0.29) is 37.5 Å². The average Bonchev–Trinajstić information content (AvgIpc) is 2.86. The van der Waals surface area contributed by atoms with Crippen molar-refractivity contribution in [1.82, 2.24) is 16.0 Å². The molecule has 4 unspecified atom stereocenters. The van der Waals surface area contributed by atoms with E-state index in [4.69, 9.17) is 17.2 Å². The molecule has 37 heavy (non-hydrogen) atoms. The van der Waals surface area contributed by atoms with Crippen molar-refractivity contribution in [1.29, 1.82) is 0 Å². The summed E-state index contributed by atoms with van der Waals surface area (Å²) in [5.74, 6) is -2.70. The Morgan fingerprint density at radius 1 is 0.973 bits per heavy atom. The number of aliphatic imine (C=N–C) groups is 1. The molecule has 0 saturated heterocycles. The van der Waals surface area contributed by atoms with Gasteiger partial charge in [0.15, 0.2) is 5.96 Å². The molecular formula is C23H37N7O5S2. The molecular weight excluding hydrogens is 518 g/mol. The minimum absolute atomic E-state index is 0.0521. The number of thiol groups is 1. The highest BCUT2D eigenvalue weighted by atomic mass is 32.2. The molecule has 4 atom stereocenters. The number of carbonyl (C=O) groups is 4. The number of guanidine groups is 1. The lowest BCUT2D eigenvalue weighted by Gasteiger charge is -2.24. The molecule has 0 heterocycles. The summed E-state index contributed by atoms with van der Waals surface area (Å²) >= 11 is 5.60. The van der Waals surface area contributed by atoms with Crippen molar-refractivity contribution in [3.05, 3.63) is 35.9 Å². The summed E-state index contributed by atoms with van der Waals surface area (Å²) < 4.78 is 0. The Labute approximate surface area is 226 Å². The Hall–Kier alpha value is -2.97. The standard InChI is InChI=1S/C23H37N7O5S2/c1-37-11-9-17(22(34)35)29-20(32)16(8-5-10-27-23(25)26)28-21(33)18(13-36)30-19(31)15(24)12-14-6-3-2-4-7-14/h2-4,6-7,15-18,36H,5,8-13,24H2,1H3,(H,28,33)(H,29,32)(H,30,31)(H,34,35)(H4,25,26,27). The third-order valence-corrected chi connectivity index (χ3v) is 6.26. The van der Waals surface area contributed by atoms with Crippen molar-refractivity contribution in [2.45, 2.75) is 49.9 Å². The molecule has 3 amide bonds. The fourth-order valence-corrected chi connectivity index (χ4v) is 3.97. The zero-order valence-electron chi connectivity index (χ0n) is 20.8. The summed E-state index contributed by atoms with van der Waals surface area (Å²) in [6.45, 7) is 0.206. The second-order valence-electron chi connectivity index (χ2n) is 8.23. The van der Waals surface area contributed by atoms with Crippen LogP contribution in [0.15, 0.2) is 35.3 Å². The van der Waals surface area contributed by atoms with Crippen molar-refractivity contribution in [3.63, 3.8) is 0 Å². The molecule has 0 spiro atoms. The van der Waals surface area contributed by atoms with Gasteiger partial charge in [-0.1, -0.05) is 30.3 Å². The third-order valence-electron chi connectivity index (χ3n) is 5.25. The number of thioether (sulfide) groups is 1. The van der Waals surface area contributed by atoms with Crippen LogP contribution in [0.1, 0.15) is 24.8 Å². The van der Waals surface area contributed by atoms with Crippen molar-refractivity contribution < 1.29 is 24.3 Å². The molecule has 10 N–H and O–H groups in total. The molecule has 206 valence electrons. The molecule has 0 aliphatic heterocycles. The largest absolute Gasteiger partial charge is 0.480 e. The number of carboxylic acids is 1. The monoisotopic (exact) mass is 555 g/mol. The van der Waals surface area contributed by atoms with Gasteiger partial charge in [0, 0.05) is 12.3 Å². The van der Waals surface area contributed by atoms with Gasteiger partial charge < -0.3 is 38.3 Å². The highest BCUT2D eigenvalue weighted by Crippen LogP contribution is 2.06. The molecule has 1 rings (SSSR count). The van der Waals surface area contributed by atoms with Crippen molar-refractivity contribution in [2.24, 2.45) is 22.2 Å². The van der Waals surface area contributed by atoms with E-state index in [0.717, 1.165) is 5.56 Å². The second-order valence-corrected chi connectivity index (χ2v) is 9.58. The number of nitrogens with zero attached hydrogens (tertiary/aromatic N) is 1. The number of nitrogens with two attached hydrogens (primary N) is 3. The van der Waals surface area contributed by atoms with Crippen LogP contribution in [0.25, 0.3) is 0 Å². The number of nitrogens with one attached hydrogen (secondary N) is 3. The van der Waals surface area contributed by atoms with E-state index < -0.39 is 47.9 Å². The van der Waals surface area contributed by atoms with Crippen LogP contribution in [-0.2, 0) is 25.6 Å². The van der Waals surface area contributed by atoms with Crippen LogP contribution in [0, 0.1) is 0 Å². The van der Waals surface area contributed by atoms with Gasteiger partial charge in [0.2, 0.25) is 17.7 Å². The maximum absolute atomic E-state index is 13.0. The van der Waals surface area contributed by atoms with Gasteiger partial charge in [-0.05, 0) is 43.3 Å². The molecule has 0 radical (unpaired) electrons. The SMILES string of the molecule is CSCCC(NC(=O)C(CCCN=C(N)N)NC(=O)C(CS)NC(=O)C(N)Cc1ccccc1)C(=O)O. The summed E-state index contributed by atoms with van der Waals surface area (Å²) in [7, 11) is 0. The lowest BCUT2D eigenvalue weighted by molar-refractivity contribution is -0.142. The van der Waals surface area contributed by atoms with Crippen molar-refractivity contribution in [2.75, 3.05) is 24.3 Å². The molecule has 12 nitrogen and oxygen atoms in total. The van der Waals surface area contributed by atoms with Crippen LogP contribution in [0.2, 0.25) is 0 Å². The van der Waals surface area contributed by atoms with Crippen LogP contribution >= 0.6 is 24.4 Å². The third kappa shape index (κ3) is 12.7. The van der Waals surface area contributed by atoms with Gasteiger partial charge in [-0.2, -0.15) is 24.4 Å². The zero-order chi connectivity index (χ0) is 27.8. The summed E-state index contributed by atoms with van der Waals surface area (Å²) in [4.78, 5) is 53.9. The van der Waals surface area contributed by atoms with Crippen molar-refractivity contribution in [3.8, 4) is 0 Å². The van der Waals surface area contributed by atoms with Gasteiger partial charge in [0.05, 0.1) is 6.04 Å². The Morgan fingerprint density at radius 3 is 2.14 bits per heavy atom. The maximum Gasteiger partial charge on any atom is 0.326 e. The molecule has 0 aromatic heterocycles. The number of rotatable bonds is 17. The number of carbonyl (C=O) groups excluding carboxylic acids is 3. The number of hydrogen-bond acceptors (Lipinski definition) is 8. The fraction of sp³-hybridized carbons (Fsp3) is 0.522. The Kier molecular flexibility index (Phi) is 15.1. The minimum Gasteiger partial charge on any atom is -0.480 e. The van der Waals surface area contributed by atoms with Crippen LogP contribution in [0.3, 0.4) is 0 Å². The van der Waals surface area contributed by atoms with Crippen LogP contribution < -0.4 is 33.2 Å². The van der Waals surface area contributed by atoms with E-state index in [0.29, 0.717) is 12.2 Å². The Balaban J connectivity index is 2.87. The number of hydrogen-bond donors (Lipinski definition) is 8. The number of aliphatic carboxylic acids is 1. The zero-order valence-corrected chi connectivity index (χ0v) is 22.5. The fourth-order valence-electron chi connectivity index (χ4n) is 3.24. The van der Waals surface area contributed by atoms with E-state index in [9.17, 15) is 24.3 Å². The van der Waals surface area contributed by atoms with E-state index in [1.807, 2.05) is 36.6 Å². The Bertz CT molecular complexity index is 916. The summed E-state index contributed by atoms with van der Waals surface area (Å²) in [6, 6.07) is 5.01. The lowest BCUT2D eigenvalue weighted by Crippen LogP contribution is -2.57.